The maximum absolute atomic E-state index is 13.2. The average molecular weight is 405 g/mol. The predicted molar refractivity (Wildman–Crippen MR) is 108 cm³/mol. The number of amides is 2. The highest BCUT2D eigenvalue weighted by Gasteiger charge is 2.36. The van der Waals surface area contributed by atoms with Crippen molar-refractivity contribution in [2.45, 2.75) is 38.1 Å². The molecule has 150 valence electrons. The molecule has 2 aliphatic rings. The molecule has 0 radical (unpaired) electrons. The van der Waals surface area contributed by atoms with Crippen LogP contribution in [0.25, 0.3) is 11.0 Å². The fourth-order valence-electron chi connectivity index (χ4n) is 4.18. The van der Waals surface area contributed by atoms with E-state index in [0.717, 1.165) is 36.8 Å². The Kier molecular flexibility index (Phi) is 5.18. The number of carbonyl (C=O) groups is 2. The summed E-state index contributed by atoms with van der Waals surface area (Å²) in [4.78, 5) is 35.0. The molecule has 2 aromatic heterocycles. The summed E-state index contributed by atoms with van der Waals surface area (Å²) >= 11 is 0.0955. The largest absolute Gasteiger partial charge is 0.349 e. The second-order valence-corrected chi connectivity index (χ2v) is 8.19. The van der Waals surface area contributed by atoms with Crippen LogP contribution in [0, 0.1) is 0 Å². The van der Waals surface area contributed by atoms with Crippen LogP contribution >= 0.6 is 12.3 Å². The van der Waals surface area contributed by atoms with Crippen LogP contribution < -0.4 is 4.90 Å². The number of hydrogen-bond acceptors (Lipinski definition) is 5. The van der Waals surface area contributed by atoms with Gasteiger partial charge in [0.1, 0.15) is 6.54 Å². The molecule has 4 rings (SSSR count). The second kappa shape index (κ2) is 7.62. The van der Waals surface area contributed by atoms with Crippen molar-refractivity contribution in [1.82, 2.24) is 18.8 Å². The van der Waals surface area contributed by atoms with Gasteiger partial charge in [-0.25, -0.2) is 8.96 Å². The highest BCUT2D eigenvalue weighted by molar-refractivity contribution is 7.92. The van der Waals surface area contributed by atoms with E-state index in [2.05, 4.69) is 9.88 Å². The van der Waals surface area contributed by atoms with Gasteiger partial charge in [0.25, 0.3) is 5.91 Å². The van der Waals surface area contributed by atoms with E-state index in [-0.39, 0.29) is 30.7 Å². The van der Waals surface area contributed by atoms with Crippen LogP contribution in [-0.2, 0) is 4.79 Å². The Morgan fingerprint density at radius 1 is 1.32 bits per heavy atom. The quantitative estimate of drug-likeness (QED) is 0.782. The molecular formula is C19H24FN5O2S. The number of halogens is 1. The van der Waals surface area contributed by atoms with Crippen molar-refractivity contribution in [2.75, 3.05) is 32.2 Å². The Bertz CT molecular complexity index is 909. The topological polar surface area (TPSA) is 61.7 Å². The summed E-state index contributed by atoms with van der Waals surface area (Å²) in [6.45, 7) is 0.400. The van der Waals surface area contributed by atoms with Gasteiger partial charge < -0.3 is 14.7 Å². The van der Waals surface area contributed by atoms with Crippen LogP contribution in [0.1, 0.15) is 42.5 Å². The molecule has 0 spiro atoms. The first-order valence-corrected chi connectivity index (χ1v) is 10.2. The Labute approximate surface area is 167 Å². The maximum atomic E-state index is 13.2. The number of hydrogen-bond donors (Lipinski definition) is 0. The second-order valence-electron chi connectivity index (χ2n) is 7.66. The summed E-state index contributed by atoms with van der Waals surface area (Å²) in [7, 11) is 3.37. The van der Waals surface area contributed by atoms with Crippen molar-refractivity contribution in [2.24, 2.45) is 0 Å². The SMILES string of the molecule is CN(C)C(=O)CN1CN(C2CCCCC2)c2c(cnc3c2ccn3SF)C1=O. The van der Waals surface area contributed by atoms with Crippen LogP contribution in [-0.4, -0.2) is 63.9 Å². The van der Waals surface area contributed by atoms with E-state index in [1.807, 2.05) is 6.07 Å². The van der Waals surface area contributed by atoms with Crippen molar-refractivity contribution < 1.29 is 13.5 Å². The van der Waals surface area contributed by atoms with Crippen LogP contribution in [0.3, 0.4) is 0 Å². The van der Waals surface area contributed by atoms with Gasteiger partial charge in [0, 0.05) is 37.9 Å². The Hall–Kier alpha value is -2.29. The fourth-order valence-corrected chi connectivity index (χ4v) is 4.50. The van der Waals surface area contributed by atoms with E-state index in [1.165, 1.54) is 21.5 Å². The highest BCUT2D eigenvalue weighted by atomic mass is 32.2. The van der Waals surface area contributed by atoms with E-state index >= 15 is 0 Å². The van der Waals surface area contributed by atoms with E-state index in [0.29, 0.717) is 23.9 Å². The summed E-state index contributed by atoms with van der Waals surface area (Å²) < 4.78 is 14.6. The number of rotatable bonds is 4. The summed E-state index contributed by atoms with van der Waals surface area (Å²) in [5.74, 6) is -0.318. The monoisotopic (exact) mass is 405 g/mol. The number of anilines is 1. The third-order valence-electron chi connectivity index (χ3n) is 5.70. The van der Waals surface area contributed by atoms with E-state index in [9.17, 15) is 13.5 Å². The van der Waals surface area contributed by atoms with Gasteiger partial charge in [-0.05, 0) is 18.9 Å². The lowest BCUT2D eigenvalue weighted by Crippen LogP contribution is -2.53. The van der Waals surface area contributed by atoms with Gasteiger partial charge in [0.15, 0.2) is 18.0 Å². The van der Waals surface area contributed by atoms with Crippen molar-refractivity contribution in [3.63, 3.8) is 0 Å². The van der Waals surface area contributed by atoms with Gasteiger partial charge in [-0.1, -0.05) is 19.3 Å². The van der Waals surface area contributed by atoms with Crippen LogP contribution in [0.15, 0.2) is 18.5 Å². The molecule has 3 heterocycles. The van der Waals surface area contributed by atoms with Gasteiger partial charge in [0.05, 0.1) is 17.9 Å². The Balaban J connectivity index is 1.80. The summed E-state index contributed by atoms with van der Waals surface area (Å²) in [6.07, 6.45) is 8.77. The third-order valence-corrected chi connectivity index (χ3v) is 6.14. The molecule has 0 atom stereocenters. The zero-order valence-corrected chi connectivity index (χ0v) is 16.9. The third kappa shape index (κ3) is 3.21. The normalized spacial score (nSPS) is 17.9. The lowest BCUT2D eigenvalue weighted by molar-refractivity contribution is -0.129. The molecule has 1 aliphatic carbocycles. The van der Waals surface area contributed by atoms with Crippen molar-refractivity contribution in [3.8, 4) is 0 Å². The summed E-state index contributed by atoms with van der Waals surface area (Å²) in [6, 6.07) is 2.11. The lowest BCUT2D eigenvalue weighted by Gasteiger charge is -2.43. The highest BCUT2D eigenvalue weighted by Crippen LogP contribution is 2.39. The molecule has 0 aromatic carbocycles. The molecular weight excluding hydrogens is 381 g/mol. The van der Waals surface area contributed by atoms with Gasteiger partial charge in [0.2, 0.25) is 5.91 Å². The zero-order chi connectivity index (χ0) is 19.8. The van der Waals surface area contributed by atoms with Gasteiger partial charge in [-0.2, -0.15) is 0 Å². The number of pyridine rings is 1. The van der Waals surface area contributed by atoms with Crippen LogP contribution in [0.5, 0.6) is 0 Å². The zero-order valence-electron chi connectivity index (χ0n) is 16.1. The van der Waals surface area contributed by atoms with Crippen LogP contribution in [0.2, 0.25) is 0 Å². The molecule has 0 N–H and O–H groups in total. The molecule has 0 saturated heterocycles. The molecule has 28 heavy (non-hydrogen) atoms. The Morgan fingerprint density at radius 3 is 2.75 bits per heavy atom. The lowest BCUT2D eigenvalue weighted by atomic mass is 9.92. The number of nitrogens with zero attached hydrogens (tertiary/aromatic N) is 5. The van der Waals surface area contributed by atoms with Crippen LogP contribution in [0.4, 0.5) is 9.57 Å². The number of aromatic nitrogens is 2. The van der Waals surface area contributed by atoms with Crippen molar-refractivity contribution >= 4 is 40.9 Å². The smallest absolute Gasteiger partial charge is 0.259 e. The summed E-state index contributed by atoms with van der Waals surface area (Å²) in [5, 5.41) is 0.778. The maximum Gasteiger partial charge on any atom is 0.259 e. The summed E-state index contributed by atoms with van der Waals surface area (Å²) in [5.41, 5.74) is 1.82. The van der Waals surface area contributed by atoms with E-state index in [1.54, 1.807) is 25.2 Å². The molecule has 1 saturated carbocycles. The first-order valence-electron chi connectivity index (χ1n) is 9.56. The predicted octanol–water partition coefficient (Wildman–Crippen LogP) is 3.06. The number of carbonyl (C=O) groups excluding carboxylic acids is 2. The average Bonchev–Trinajstić information content (AvgIpc) is 3.13. The molecule has 1 aliphatic heterocycles. The van der Waals surface area contributed by atoms with E-state index in [4.69, 9.17) is 0 Å². The molecule has 2 aromatic rings. The molecule has 9 heteroatoms. The fraction of sp³-hybridized carbons (Fsp3) is 0.526. The number of likely N-dealkylation sites (N-methyl/N-ethyl adjacent to an activating group) is 1. The van der Waals surface area contributed by atoms with Crippen molar-refractivity contribution in [1.29, 1.82) is 0 Å². The molecule has 1 fully saturated rings. The minimum atomic E-state index is -0.202. The standard InChI is InChI=1S/C19H24FN5O2S/c1-22(2)16(26)11-23-12-24(13-6-4-3-5-7-13)17-14-8-9-25(28-20)18(14)21-10-15(17)19(23)27/h8-10,13H,3-7,11-12H2,1-2H3. The molecule has 7 nitrogen and oxygen atoms in total. The molecule has 0 bridgehead atoms. The molecule has 2 amide bonds. The van der Waals surface area contributed by atoms with Gasteiger partial charge in [-0.3, -0.25) is 9.59 Å². The first kappa shape index (κ1) is 19.0. The Morgan fingerprint density at radius 2 is 2.07 bits per heavy atom. The minimum absolute atomic E-state index is 0.0356. The first-order chi connectivity index (χ1) is 13.5. The van der Waals surface area contributed by atoms with E-state index < -0.39 is 0 Å². The molecule has 0 unspecified atom stereocenters. The van der Waals surface area contributed by atoms with Crippen molar-refractivity contribution in [3.05, 3.63) is 24.0 Å². The van der Waals surface area contributed by atoms with Gasteiger partial charge in [-0.15, -0.1) is 3.89 Å². The number of fused-ring (bicyclic) bond motifs is 3. The minimum Gasteiger partial charge on any atom is -0.349 e. The van der Waals surface area contributed by atoms with Gasteiger partial charge >= 0.3 is 0 Å².